The quantitative estimate of drug-likeness (QED) is 0.0189. The highest BCUT2D eigenvalue weighted by Crippen LogP contribution is 2.33. The molecule has 5 heterocycles. The van der Waals surface area contributed by atoms with Gasteiger partial charge in [0.05, 0.1) is 90.8 Å². The van der Waals surface area contributed by atoms with E-state index in [1.54, 1.807) is 42.0 Å². The van der Waals surface area contributed by atoms with Gasteiger partial charge < -0.3 is 10.3 Å². The second kappa shape index (κ2) is 43.1. The van der Waals surface area contributed by atoms with Crippen LogP contribution in [0.1, 0.15) is 97.0 Å². The highest BCUT2D eigenvalue weighted by Gasteiger charge is 2.19. The van der Waals surface area contributed by atoms with Crippen molar-refractivity contribution in [3.05, 3.63) is 237 Å². The summed E-state index contributed by atoms with van der Waals surface area (Å²) in [7, 11) is 0. The molecule has 101 heavy (non-hydrogen) atoms. The average Bonchev–Trinajstić information content (AvgIpc) is 1.81. The predicted molar refractivity (Wildman–Crippen MR) is 443 cm³/mol. The first-order valence-electron chi connectivity index (χ1n) is 29.6. The summed E-state index contributed by atoms with van der Waals surface area (Å²) in [5, 5.41) is 41.2. The number of thioether (sulfide) groups is 4. The van der Waals surface area contributed by atoms with Crippen molar-refractivity contribution in [1.82, 2.24) is 21.7 Å². The number of hydrazone groups is 4. The largest absolute Gasteiger partial charge is 0.619 e. The van der Waals surface area contributed by atoms with E-state index in [1.807, 2.05) is 148 Å². The number of nitrogens with one attached hydrogen (secondary N) is 4. The number of phenolic OH excluding ortho intramolecular Hbond substituents is 1. The minimum atomic E-state index is -0.250. The number of halogens is 2. The van der Waals surface area contributed by atoms with Gasteiger partial charge in [0.25, 0.3) is 0 Å². The van der Waals surface area contributed by atoms with E-state index in [4.69, 9.17) is 11.6 Å². The molecule has 7 aromatic carbocycles. The number of fused-ring (bicyclic) bond motifs is 4. The monoisotopic (exact) mass is 1580 g/mol. The zero-order valence-electron chi connectivity index (χ0n) is 52.1. The molecular weight excluding hydrogens is 1500 g/mol. The highest BCUT2D eigenvalue weighted by molar-refractivity contribution is 14.1. The first-order valence-corrected chi connectivity index (χ1v) is 35.8. The van der Waals surface area contributed by atoms with Gasteiger partial charge in [-0.2, -0.15) is 25.1 Å². The van der Waals surface area contributed by atoms with Gasteiger partial charge in [0.15, 0.2) is 0 Å². The smallest absolute Gasteiger partial charge is 0.250 e. The maximum absolute atomic E-state index is 11.9. The van der Waals surface area contributed by atoms with Crippen LogP contribution < -0.4 is 21.7 Å². The Labute approximate surface area is 632 Å². The molecule has 0 spiro atoms. The molecule has 0 saturated heterocycles. The number of benzene rings is 7. The van der Waals surface area contributed by atoms with Gasteiger partial charge in [-0.05, 0) is 131 Å². The van der Waals surface area contributed by atoms with Crippen LogP contribution in [-0.2, 0) is 44.9 Å². The molecule has 4 amide bonds. The second-order valence-corrected chi connectivity index (χ2v) is 28.3. The fourth-order valence-electron chi connectivity index (χ4n) is 9.10. The first-order chi connectivity index (χ1) is 46.5. The summed E-state index contributed by atoms with van der Waals surface area (Å²) in [4.78, 5) is 67.7. The van der Waals surface area contributed by atoms with E-state index in [0.717, 1.165) is 93.7 Å². The van der Waals surface area contributed by atoms with Crippen LogP contribution in [0.2, 0.25) is 5.02 Å². The number of hydrogen-bond donors (Lipinski definition) is 5. The molecule has 8 aromatic rings. The van der Waals surface area contributed by atoms with Gasteiger partial charge in [-0.3, -0.25) is 19.2 Å². The third-order valence-electron chi connectivity index (χ3n) is 13.7. The van der Waals surface area contributed by atoms with Crippen molar-refractivity contribution in [3.63, 3.8) is 0 Å². The van der Waals surface area contributed by atoms with E-state index in [2.05, 4.69) is 104 Å². The van der Waals surface area contributed by atoms with Gasteiger partial charge in [-0.1, -0.05) is 151 Å². The van der Waals surface area contributed by atoms with Crippen LogP contribution in [0.25, 0.3) is 0 Å². The molecule has 4 aliphatic rings. The van der Waals surface area contributed by atoms with Crippen molar-refractivity contribution in [2.45, 2.75) is 83.6 Å². The molecule has 528 valence electrons. The summed E-state index contributed by atoms with van der Waals surface area (Å²) < 4.78 is 1.47. The van der Waals surface area contributed by atoms with Gasteiger partial charge in [-0.15, -0.1) is 58.4 Å². The number of para-hydroxylation sites is 4. The lowest BCUT2D eigenvalue weighted by Gasteiger charge is -2.04. The van der Waals surface area contributed by atoms with Crippen LogP contribution in [-0.4, -0.2) is 108 Å². The minimum absolute atomic E-state index is 0. The summed E-state index contributed by atoms with van der Waals surface area (Å²) in [5.74, 6) is 0.580. The van der Waals surface area contributed by atoms with Crippen LogP contribution in [0.5, 0.6) is 5.75 Å². The van der Waals surface area contributed by atoms with Gasteiger partial charge in [0, 0.05) is 67.3 Å². The number of phenols is 1. The summed E-state index contributed by atoms with van der Waals surface area (Å²) >= 11 is 15.6. The Morgan fingerprint density at radius 3 is 1.31 bits per heavy atom. The molecule has 4 aliphatic heterocycles. The number of hydrogen-bond acceptors (Lipinski definition) is 19. The van der Waals surface area contributed by atoms with E-state index >= 15 is 0 Å². The second-order valence-electron chi connectivity index (χ2n) is 21.2. The molecule has 0 fully saturated rings. The molecule has 0 aliphatic carbocycles. The van der Waals surface area contributed by atoms with Crippen molar-refractivity contribution in [3.8, 4) is 5.75 Å². The molecule has 0 radical (unpaired) electrons. The number of amides is 4. The summed E-state index contributed by atoms with van der Waals surface area (Å²) in [6, 6.07) is 52.3. The number of carbonyl (C=O) groups excluding carboxylic acids is 4. The topological polar surface area (TPSA) is 262 Å². The van der Waals surface area contributed by atoms with Gasteiger partial charge in [0.2, 0.25) is 29.3 Å². The lowest BCUT2D eigenvalue weighted by atomic mass is 10.1. The molecule has 26 heteroatoms. The minimum Gasteiger partial charge on any atom is -0.619 e. The maximum atomic E-state index is 11.9. The molecule has 0 saturated carbocycles. The van der Waals surface area contributed by atoms with Crippen LogP contribution in [0.4, 0.5) is 28.4 Å². The molecule has 5 N–H and O–H groups in total. The Hall–Kier alpha value is -8.83. The predicted octanol–water partition coefficient (Wildman–Crippen LogP) is 17.6. The molecular formula is C75H83ClIN13O6S5. The normalized spacial score (nSPS) is 12.3. The molecule has 0 atom stereocenters. The molecule has 19 nitrogen and oxygen atoms in total. The zero-order chi connectivity index (χ0) is 67.8. The first kappa shape index (κ1) is 84.6. The number of aliphatic imine (C=N–C) groups is 4. The number of aromatic hydroxyl groups is 1. The molecule has 1 aromatic heterocycles. The third kappa shape index (κ3) is 27.2. The van der Waals surface area contributed by atoms with Gasteiger partial charge in [-0.25, -0.2) is 41.7 Å². The Bertz CT molecular complexity index is 4460. The zero-order valence-corrected chi connectivity index (χ0v) is 59.1. The molecule has 12 rings (SSSR count). The summed E-state index contributed by atoms with van der Waals surface area (Å²) in [5.41, 5.74) is 23.1. The fraction of sp³-hybridized carbons (Fsp3) is 0.213. The van der Waals surface area contributed by atoms with Crippen LogP contribution in [0.3, 0.4) is 0 Å². The van der Waals surface area contributed by atoms with E-state index in [9.17, 15) is 29.5 Å². The number of carbonyl (C=O) groups is 4. The van der Waals surface area contributed by atoms with E-state index < -0.39 is 0 Å². The Morgan fingerprint density at radius 1 is 0.525 bits per heavy atom. The van der Waals surface area contributed by atoms with E-state index in [0.29, 0.717) is 38.1 Å². The van der Waals surface area contributed by atoms with Crippen LogP contribution >= 0.6 is 92.6 Å². The van der Waals surface area contributed by atoms with Crippen molar-refractivity contribution in [2.75, 3.05) is 23.0 Å². The van der Waals surface area contributed by atoms with E-state index in [-0.39, 0.29) is 78.0 Å². The summed E-state index contributed by atoms with van der Waals surface area (Å²) in [6.45, 7) is 9.16. The average molecular weight is 1590 g/mol. The lowest BCUT2D eigenvalue weighted by molar-refractivity contribution is -0.349. The van der Waals surface area contributed by atoms with Crippen molar-refractivity contribution < 1.29 is 29.0 Å². The number of aryl methyl sites for hydroxylation is 3. The number of nitrogens with zero attached hydrogens (tertiary/aromatic N) is 9. The standard InChI is InChI=1S/C18H15ClN4O2S.C18H16IN3O2S.C18H17N3OS.C16H15N3OS2.5CH4/c1-23(25)14-6-7-15(19)13(8-14)10-20-22-17(24)11-26-18-9-12-4-2-3-5-16(12)21-18;1-11-6-14(19)7-13(18(11)24)9-20-22-16(23)10-25-17-8-12-4-2-3-5-15(12)21-17;1-13-5-4-6-14(9-13)11-19-21-17(22)12-23-18-10-15-7-2-3-8-16(15)20-18;1-11-6-7-13(22-11)9-17-19-15(20)10-21-16-8-12-4-2-3-5-14(12)18-16;;;;;/h2-8,10H,1,9,11H2,(H,22,24);2-7,9,24H,8,10H2,1H3,(H,22,23);2-9,11H,10,12H2,1H3,(H,21,22);2-7,9H,8,10H2,1H3,(H,19,20);5*1H4/b20-10+;20-9+;19-11+;17-9+;;;;;. The number of thiophene rings is 1. The Morgan fingerprint density at radius 2 is 0.921 bits per heavy atom. The van der Waals surface area contributed by atoms with Crippen molar-refractivity contribution >= 4 is 196 Å². The highest BCUT2D eigenvalue weighted by atomic mass is 127. The van der Waals surface area contributed by atoms with Crippen LogP contribution in [0.15, 0.2) is 204 Å². The Balaban J connectivity index is 0.000000281. The molecule has 0 unspecified atom stereocenters. The Kier molecular flexibility index (Phi) is 36.1. The van der Waals surface area contributed by atoms with E-state index in [1.165, 1.54) is 92.7 Å². The van der Waals surface area contributed by atoms with Crippen LogP contribution in [0, 0.1) is 29.5 Å². The van der Waals surface area contributed by atoms with Crippen molar-refractivity contribution in [2.24, 2.45) is 40.4 Å². The molecule has 0 bridgehead atoms. The SMILES string of the molecule is C.C.C.C.C.C=[N+]([O-])c1ccc(Cl)c(/C=N/NC(=O)CSC2=Nc3ccccc3C2)c1.Cc1cc(I)cc(/C=N/NC(=O)CSC2=Nc3ccccc3C2)c1O.Cc1ccc(/C=N/NC(=O)CSC2=Nc3ccccc3C2)s1.Cc1cccc(/C=N/NC(=O)CSC2=Nc3ccccc3C2)c1. The summed E-state index contributed by atoms with van der Waals surface area (Å²) in [6.07, 6.45) is 9.30. The number of rotatable bonds is 17. The fourth-order valence-corrected chi connectivity index (χ4v) is 13.9. The van der Waals surface area contributed by atoms with Crippen molar-refractivity contribution in [1.29, 1.82) is 0 Å². The maximum Gasteiger partial charge on any atom is 0.250 e. The van der Waals surface area contributed by atoms with Gasteiger partial charge in [0.1, 0.15) is 12.5 Å². The third-order valence-corrected chi connectivity index (χ3v) is 19.5. The van der Waals surface area contributed by atoms with Gasteiger partial charge >= 0.3 is 0 Å². The lowest BCUT2D eigenvalue weighted by Crippen LogP contribution is -2.20.